The first-order chi connectivity index (χ1) is 8.72. The van der Waals surface area contributed by atoms with Gasteiger partial charge in [-0.05, 0) is 12.5 Å². The Bertz CT molecular complexity index is 413. The zero-order chi connectivity index (χ0) is 13.0. The summed E-state index contributed by atoms with van der Waals surface area (Å²) in [4.78, 5) is 14.9. The fourth-order valence-corrected chi connectivity index (χ4v) is 3.78. The van der Waals surface area contributed by atoms with Crippen LogP contribution in [0, 0.1) is 0 Å². The Labute approximate surface area is 116 Å². The lowest BCUT2D eigenvalue weighted by Crippen LogP contribution is -2.31. The van der Waals surface area contributed by atoms with E-state index in [9.17, 15) is 4.79 Å². The predicted octanol–water partition coefficient (Wildman–Crippen LogP) is 2.02. The molecular formula is C12H19N3OS2. The molecular weight excluding hydrogens is 266 g/mol. The van der Waals surface area contributed by atoms with Crippen LogP contribution in [0.3, 0.4) is 0 Å². The van der Waals surface area contributed by atoms with Crippen molar-refractivity contribution in [1.82, 2.24) is 5.32 Å². The van der Waals surface area contributed by atoms with Gasteiger partial charge in [-0.2, -0.15) is 11.8 Å². The van der Waals surface area contributed by atoms with E-state index < -0.39 is 0 Å². The van der Waals surface area contributed by atoms with Crippen molar-refractivity contribution in [1.29, 1.82) is 0 Å². The molecule has 0 aliphatic carbocycles. The largest absolute Gasteiger partial charge is 0.397 e. The Kier molecular flexibility index (Phi) is 4.77. The maximum atomic E-state index is 11.9. The minimum Gasteiger partial charge on any atom is -0.397 e. The average molecular weight is 285 g/mol. The molecule has 3 N–H and O–H groups in total. The standard InChI is InChI=1S/C12H19N3OS2/c1-2-3-14-12(16)11-9(13)8-10(18-11)15-4-6-17-7-5-15/h8H,2-7,13H2,1H3,(H,14,16). The molecule has 1 saturated heterocycles. The van der Waals surface area contributed by atoms with Crippen molar-refractivity contribution in [2.75, 3.05) is 41.8 Å². The van der Waals surface area contributed by atoms with Crippen molar-refractivity contribution >= 4 is 39.7 Å². The van der Waals surface area contributed by atoms with Crippen LogP contribution >= 0.6 is 23.1 Å². The number of anilines is 2. The van der Waals surface area contributed by atoms with E-state index in [1.54, 1.807) is 0 Å². The number of hydrogen-bond donors (Lipinski definition) is 2. The van der Waals surface area contributed by atoms with Crippen LogP contribution in [0.4, 0.5) is 10.7 Å². The first kappa shape index (κ1) is 13.5. The van der Waals surface area contributed by atoms with Crippen molar-refractivity contribution in [3.63, 3.8) is 0 Å². The van der Waals surface area contributed by atoms with E-state index in [4.69, 9.17) is 5.73 Å². The number of hydrogen-bond acceptors (Lipinski definition) is 5. The van der Waals surface area contributed by atoms with Crippen molar-refractivity contribution < 1.29 is 4.79 Å². The summed E-state index contributed by atoms with van der Waals surface area (Å²) in [5.41, 5.74) is 6.54. The summed E-state index contributed by atoms with van der Waals surface area (Å²) in [6.07, 6.45) is 0.938. The first-order valence-electron chi connectivity index (χ1n) is 6.22. The molecule has 1 aliphatic rings. The maximum absolute atomic E-state index is 11.9. The topological polar surface area (TPSA) is 58.4 Å². The molecule has 0 aromatic carbocycles. The van der Waals surface area contributed by atoms with Gasteiger partial charge in [-0.25, -0.2) is 0 Å². The second kappa shape index (κ2) is 6.33. The van der Waals surface area contributed by atoms with Gasteiger partial charge in [-0.15, -0.1) is 11.3 Å². The minimum atomic E-state index is -0.0445. The number of carbonyl (C=O) groups excluding carboxylic acids is 1. The molecule has 0 unspecified atom stereocenters. The smallest absolute Gasteiger partial charge is 0.263 e. The van der Waals surface area contributed by atoms with Crippen molar-refractivity contribution in [2.45, 2.75) is 13.3 Å². The summed E-state index contributed by atoms with van der Waals surface area (Å²) in [5.74, 6) is 2.25. The molecule has 6 heteroatoms. The molecule has 2 heterocycles. The van der Waals surface area contributed by atoms with E-state index in [1.807, 2.05) is 24.8 Å². The predicted molar refractivity (Wildman–Crippen MR) is 80.9 cm³/mol. The molecule has 2 rings (SSSR count). The Hall–Kier alpha value is -0.880. The molecule has 0 bridgehead atoms. The Morgan fingerprint density at radius 2 is 2.22 bits per heavy atom. The zero-order valence-electron chi connectivity index (χ0n) is 10.6. The minimum absolute atomic E-state index is 0.0445. The van der Waals surface area contributed by atoms with E-state index >= 15 is 0 Å². The number of rotatable bonds is 4. The lowest BCUT2D eigenvalue weighted by Gasteiger charge is -2.26. The number of carbonyl (C=O) groups is 1. The molecule has 100 valence electrons. The van der Waals surface area contributed by atoms with Crippen LogP contribution in [0.15, 0.2) is 6.07 Å². The Balaban J connectivity index is 2.08. The summed E-state index contributed by atoms with van der Waals surface area (Å²) in [6, 6.07) is 1.93. The van der Waals surface area contributed by atoms with E-state index in [-0.39, 0.29) is 5.91 Å². The van der Waals surface area contributed by atoms with Crippen LogP contribution in [0.25, 0.3) is 0 Å². The highest BCUT2D eigenvalue weighted by Gasteiger charge is 2.18. The molecule has 0 radical (unpaired) electrons. The number of amides is 1. The van der Waals surface area contributed by atoms with Gasteiger partial charge in [0.25, 0.3) is 5.91 Å². The average Bonchev–Trinajstić information content (AvgIpc) is 2.79. The second-order valence-electron chi connectivity index (χ2n) is 4.22. The molecule has 1 aromatic heterocycles. The highest BCUT2D eigenvalue weighted by Crippen LogP contribution is 2.33. The molecule has 1 amide bonds. The summed E-state index contributed by atoms with van der Waals surface area (Å²) < 4.78 is 0. The van der Waals surface area contributed by atoms with Crippen LogP contribution in [0.2, 0.25) is 0 Å². The van der Waals surface area contributed by atoms with Crippen LogP contribution in [0.5, 0.6) is 0 Å². The van der Waals surface area contributed by atoms with Crippen LogP contribution in [0.1, 0.15) is 23.0 Å². The van der Waals surface area contributed by atoms with Crippen LogP contribution in [-0.2, 0) is 0 Å². The van der Waals surface area contributed by atoms with Gasteiger partial charge in [-0.3, -0.25) is 4.79 Å². The number of thiophene rings is 1. The van der Waals surface area contributed by atoms with Gasteiger partial charge in [0, 0.05) is 31.1 Å². The Morgan fingerprint density at radius 3 is 2.89 bits per heavy atom. The third kappa shape index (κ3) is 3.11. The summed E-state index contributed by atoms with van der Waals surface area (Å²) in [6.45, 7) is 4.82. The third-order valence-corrected chi connectivity index (χ3v) is 4.97. The molecule has 0 saturated carbocycles. The molecule has 0 spiro atoms. The number of thioether (sulfide) groups is 1. The quantitative estimate of drug-likeness (QED) is 0.888. The highest BCUT2D eigenvalue weighted by molar-refractivity contribution is 7.99. The summed E-state index contributed by atoms with van der Waals surface area (Å²) in [5, 5.41) is 3.99. The molecule has 0 atom stereocenters. The molecule has 18 heavy (non-hydrogen) atoms. The van der Waals surface area contributed by atoms with E-state index in [0.29, 0.717) is 17.1 Å². The molecule has 4 nitrogen and oxygen atoms in total. The maximum Gasteiger partial charge on any atom is 0.263 e. The van der Waals surface area contributed by atoms with Gasteiger partial charge in [0.2, 0.25) is 0 Å². The third-order valence-electron chi connectivity index (χ3n) is 2.81. The fourth-order valence-electron chi connectivity index (χ4n) is 1.83. The summed E-state index contributed by atoms with van der Waals surface area (Å²) in [7, 11) is 0. The van der Waals surface area contributed by atoms with Crippen LogP contribution in [-0.4, -0.2) is 37.0 Å². The first-order valence-corrected chi connectivity index (χ1v) is 8.19. The van der Waals surface area contributed by atoms with E-state index in [2.05, 4.69) is 10.2 Å². The van der Waals surface area contributed by atoms with E-state index in [1.165, 1.54) is 11.3 Å². The zero-order valence-corrected chi connectivity index (χ0v) is 12.2. The van der Waals surface area contributed by atoms with Gasteiger partial charge < -0.3 is 16.0 Å². The number of nitrogens with zero attached hydrogens (tertiary/aromatic N) is 1. The van der Waals surface area contributed by atoms with E-state index in [0.717, 1.165) is 36.0 Å². The molecule has 1 fully saturated rings. The van der Waals surface area contributed by atoms with Crippen molar-refractivity contribution in [2.24, 2.45) is 0 Å². The van der Waals surface area contributed by atoms with Crippen LogP contribution < -0.4 is 16.0 Å². The monoisotopic (exact) mass is 285 g/mol. The van der Waals surface area contributed by atoms with Crippen molar-refractivity contribution in [3.8, 4) is 0 Å². The van der Waals surface area contributed by atoms with Gasteiger partial charge in [-0.1, -0.05) is 6.92 Å². The summed E-state index contributed by atoms with van der Waals surface area (Å²) >= 11 is 3.48. The van der Waals surface area contributed by atoms with Gasteiger partial charge in [0.05, 0.1) is 10.7 Å². The highest BCUT2D eigenvalue weighted by atomic mass is 32.2. The number of nitrogens with one attached hydrogen (secondary N) is 1. The lowest BCUT2D eigenvalue weighted by atomic mass is 10.3. The normalized spacial score (nSPS) is 15.7. The fraction of sp³-hybridized carbons (Fsp3) is 0.583. The van der Waals surface area contributed by atoms with Gasteiger partial charge in [0.15, 0.2) is 0 Å². The number of nitrogen functional groups attached to an aromatic ring is 1. The molecule has 1 aromatic rings. The second-order valence-corrected chi connectivity index (χ2v) is 6.48. The lowest BCUT2D eigenvalue weighted by molar-refractivity contribution is 0.0958. The SMILES string of the molecule is CCCNC(=O)c1sc(N2CCSCC2)cc1N. The van der Waals surface area contributed by atoms with Gasteiger partial charge in [0.1, 0.15) is 4.88 Å². The Morgan fingerprint density at radius 1 is 1.50 bits per heavy atom. The number of nitrogens with two attached hydrogens (primary N) is 1. The molecule has 1 aliphatic heterocycles. The van der Waals surface area contributed by atoms with Gasteiger partial charge >= 0.3 is 0 Å². The van der Waals surface area contributed by atoms with Crippen molar-refractivity contribution in [3.05, 3.63) is 10.9 Å².